The highest BCUT2D eigenvalue weighted by Crippen LogP contribution is 2.37. The molecule has 0 amide bonds. The SMILES string of the molecule is C/C=C/CC(C)C(C)C.CC.CC(=O)CC(C)C(C)C.CC(C)C(C)CC(=O)c1ccccc1.CC(C)C(C)CC1CC1.CCOCC(C)C(C)C. The third-order valence-corrected chi connectivity index (χ3v) is 10.6. The quantitative estimate of drug-likeness (QED) is 0.118. The summed E-state index contributed by atoms with van der Waals surface area (Å²) in [5.74, 6) is 8.83. The van der Waals surface area contributed by atoms with Gasteiger partial charge >= 0.3 is 0 Å². The van der Waals surface area contributed by atoms with Gasteiger partial charge in [0.05, 0.1) is 0 Å². The van der Waals surface area contributed by atoms with E-state index in [4.69, 9.17) is 4.74 Å². The van der Waals surface area contributed by atoms with E-state index in [0.717, 1.165) is 60.7 Å². The van der Waals surface area contributed by atoms with Crippen molar-refractivity contribution in [3.8, 4) is 0 Å². The van der Waals surface area contributed by atoms with E-state index < -0.39 is 0 Å². The lowest BCUT2D eigenvalue weighted by atomic mass is 9.91. The van der Waals surface area contributed by atoms with E-state index in [1.54, 1.807) is 6.92 Å². The van der Waals surface area contributed by atoms with Crippen molar-refractivity contribution in [3.05, 3.63) is 48.0 Å². The molecule has 308 valence electrons. The fourth-order valence-corrected chi connectivity index (χ4v) is 4.23. The molecule has 1 aromatic rings. The Morgan fingerprint density at radius 2 is 1.08 bits per heavy atom. The summed E-state index contributed by atoms with van der Waals surface area (Å²) in [6, 6.07) is 9.52. The van der Waals surface area contributed by atoms with Gasteiger partial charge in [-0.25, -0.2) is 0 Å². The summed E-state index contributed by atoms with van der Waals surface area (Å²) < 4.78 is 5.26. The molecule has 0 aromatic heterocycles. The smallest absolute Gasteiger partial charge is 0.163 e. The normalized spacial score (nSPS) is 15.0. The molecular weight excluding hydrogens is 637 g/mol. The van der Waals surface area contributed by atoms with Gasteiger partial charge in [-0.05, 0) is 98.7 Å². The monoisotopic (exact) mass is 731 g/mol. The van der Waals surface area contributed by atoms with Crippen LogP contribution in [0.5, 0.6) is 0 Å². The molecule has 1 fully saturated rings. The minimum absolute atomic E-state index is 0.256. The summed E-state index contributed by atoms with van der Waals surface area (Å²) >= 11 is 0. The van der Waals surface area contributed by atoms with Crippen LogP contribution in [0.1, 0.15) is 187 Å². The van der Waals surface area contributed by atoms with Crippen LogP contribution in [0.25, 0.3) is 0 Å². The first-order chi connectivity index (χ1) is 24.2. The number of hydrogen-bond acceptors (Lipinski definition) is 3. The second kappa shape index (κ2) is 36.2. The number of ketones is 2. The Balaban J connectivity index is -0.000000277. The lowest BCUT2D eigenvalue weighted by Crippen LogP contribution is -2.11. The Kier molecular flexibility index (Phi) is 39.7. The summed E-state index contributed by atoms with van der Waals surface area (Å²) in [5.41, 5.74) is 0.833. The lowest BCUT2D eigenvalue weighted by Gasteiger charge is -2.14. The number of rotatable bonds is 17. The summed E-state index contributed by atoms with van der Waals surface area (Å²) in [6.45, 7) is 44.9. The van der Waals surface area contributed by atoms with E-state index in [1.807, 2.05) is 51.1 Å². The van der Waals surface area contributed by atoms with E-state index in [0.29, 0.717) is 41.8 Å². The number of carbonyl (C=O) groups excluding carboxylic acids is 2. The summed E-state index contributed by atoms with van der Waals surface area (Å²) in [6.07, 6.45) is 11.5. The number of benzene rings is 1. The molecule has 0 saturated heterocycles. The molecule has 1 aliphatic rings. The van der Waals surface area contributed by atoms with Crippen LogP contribution in [0.3, 0.4) is 0 Å². The predicted octanol–water partition coefficient (Wildman–Crippen LogP) is 15.5. The Hall–Kier alpha value is -1.74. The Bertz CT molecular complexity index is 939. The molecule has 0 bridgehead atoms. The number of carbonyl (C=O) groups is 2. The van der Waals surface area contributed by atoms with Gasteiger partial charge in [0.15, 0.2) is 5.78 Å². The van der Waals surface area contributed by atoms with Crippen molar-refractivity contribution >= 4 is 11.6 Å². The number of Topliss-reactive ketones (excluding diaryl/α,β-unsaturated/α-hetero) is 2. The van der Waals surface area contributed by atoms with Crippen LogP contribution in [0.2, 0.25) is 0 Å². The van der Waals surface area contributed by atoms with Gasteiger partial charge in [-0.2, -0.15) is 0 Å². The number of allylic oxidation sites excluding steroid dienone is 2. The molecule has 0 aliphatic heterocycles. The molecule has 1 aromatic carbocycles. The first kappa shape index (κ1) is 57.0. The highest BCUT2D eigenvalue weighted by atomic mass is 16.5. The van der Waals surface area contributed by atoms with Crippen LogP contribution in [-0.2, 0) is 9.53 Å². The number of ether oxygens (including phenoxy) is 1. The molecule has 1 saturated carbocycles. The van der Waals surface area contributed by atoms with Crippen molar-refractivity contribution in [3.63, 3.8) is 0 Å². The minimum atomic E-state index is 0.256. The van der Waals surface area contributed by atoms with E-state index in [-0.39, 0.29) is 5.78 Å². The highest BCUT2D eigenvalue weighted by Gasteiger charge is 2.24. The largest absolute Gasteiger partial charge is 0.381 e. The van der Waals surface area contributed by atoms with Crippen LogP contribution in [0.15, 0.2) is 42.5 Å². The zero-order valence-corrected chi connectivity index (χ0v) is 38.8. The maximum atomic E-state index is 11.8. The highest BCUT2D eigenvalue weighted by molar-refractivity contribution is 5.96. The number of hydrogen-bond donors (Lipinski definition) is 0. The first-order valence-electron chi connectivity index (χ1n) is 21.5. The zero-order chi connectivity index (χ0) is 41.4. The van der Waals surface area contributed by atoms with Crippen molar-refractivity contribution in [2.75, 3.05) is 13.2 Å². The van der Waals surface area contributed by atoms with E-state index in [9.17, 15) is 9.59 Å². The summed E-state index contributed by atoms with van der Waals surface area (Å²) in [4.78, 5) is 22.3. The Labute approximate surface area is 328 Å². The third-order valence-electron chi connectivity index (χ3n) is 10.6. The molecule has 0 heterocycles. The van der Waals surface area contributed by atoms with Gasteiger partial charge < -0.3 is 9.53 Å². The van der Waals surface area contributed by atoms with E-state index in [1.165, 1.54) is 25.7 Å². The summed E-state index contributed by atoms with van der Waals surface area (Å²) in [5, 5.41) is 0. The molecule has 0 spiro atoms. The van der Waals surface area contributed by atoms with Gasteiger partial charge in [0.2, 0.25) is 0 Å². The summed E-state index contributed by atoms with van der Waals surface area (Å²) in [7, 11) is 0. The van der Waals surface area contributed by atoms with Crippen LogP contribution in [0, 0.1) is 65.1 Å². The van der Waals surface area contributed by atoms with Gasteiger partial charge in [-0.1, -0.05) is 173 Å². The van der Waals surface area contributed by atoms with Crippen molar-refractivity contribution in [2.45, 2.75) is 177 Å². The minimum Gasteiger partial charge on any atom is -0.381 e. The second-order valence-corrected chi connectivity index (χ2v) is 17.1. The van der Waals surface area contributed by atoms with Crippen LogP contribution >= 0.6 is 0 Å². The zero-order valence-electron chi connectivity index (χ0n) is 38.8. The molecule has 52 heavy (non-hydrogen) atoms. The van der Waals surface area contributed by atoms with Gasteiger partial charge in [0, 0.05) is 31.6 Å². The van der Waals surface area contributed by atoms with Gasteiger partial charge in [0.25, 0.3) is 0 Å². The van der Waals surface area contributed by atoms with Gasteiger partial charge in [-0.15, -0.1) is 0 Å². The van der Waals surface area contributed by atoms with Crippen molar-refractivity contribution in [1.29, 1.82) is 0 Å². The fourth-order valence-electron chi connectivity index (χ4n) is 4.23. The maximum absolute atomic E-state index is 11.8. The fraction of sp³-hybridized carbons (Fsp3) is 0.796. The topological polar surface area (TPSA) is 43.4 Å². The van der Waals surface area contributed by atoms with Crippen molar-refractivity contribution in [2.24, 2.45) is 65.1 Å². The average Bonchev–Trinajstić information content (AvgIpc) is 3.92. The molecule has 3 nitrogen and oxygen atoms in total. The van der Waals surface area contributed by atoms with Gasteiger partial charge in [-0.3, -0.25) is 4.79 Å². The molecule has 0 radical (unpaired) electrons. The maximum Gasteiger partial charge on any atom is 0.163 e. The van der Waals surface area contributed by atoms with Crippen LogP contribution in [0.4, 0.5) is 0 Å². The van der Waals surface area contributed by atoms with Crippen LogP contribution < -0.4 is 0 Å². The average molecular weight is 731 g/mol. The van der Waals surface area contributed by atoms with Crippen molar-refractivity contribution < 1.29 is 14.3 Å². The molecular formula is C49H94O3. The van der Waals surface area contributed by atoms with E-state index >= 15 is 0 Å². The molecule has 0 N–H and O–H groups in total. The first-order valence-corrected chi connectivity index (χ1v) is 21.5. The van der Waals surface area contributed by atoms with Crippen LogP contribution in [-0.4, -0.2) is 24.8 Å². The molecule has 2 rings (SSSR count). The second-order valence-electron chi connectivity index (χ2n) is 17.1. The molecule has 3 heteroatoms. The standard InChI is InChI=1S/C13H18O.2C9H18.C8H16O.C8H18O.C2H6/c1-10(2)11(3)9-13(14)12-7-5-4-6-8-12;1-7(2)8(3)6-9-4-5-9;1-5-6-7-9(4)8(2)3;1-6(2)7(3)5-8(4)9;1-5-9-6-8(4)7(2)3;1-2/h4-8,10-11H,9H2,1-3H3;7-9H,4-6H2,1-3H3;5-6,8-9H,7H2,1-4H3;6-7H,5H2,1-4H3;7-8H,5-6H2,1-4H3;1-2H3/b;;6-5+;;;. The predicted molar refractivity (Wildman–Crippen MR) is 235 cm³/mol. The molecule has 1 aliphatic carbocycles. The van der Waals surface area contributed by atoms with Gasteiger partial charge in [0.1, 0.15) is 5.78 Å². The Morgan fingerprint density at radius 3 is 1.40 bits per heavy atom. The molecule has 5 atom stereocenters. The third kappa shape index (κ3) is 38.0. The van der Waals surface area contributed by atoms with Crippen molar-refractivity contribution in [1.82, 2.24) is 0 Å². The van der Waals surface area contributed by atoms with E-state index in [2.05, 4.69) is 123 Å². The Morgan fingerprint density at radius 1 is 0.654 bits per heavy atom. The molecule has 5 unspecified atom stereocenters. The lowest BCUT2D eigenvalue weighted by molar-refractivity contribution is -0.118.